The summed E-state index contributed by atoms with van der Waals surface area (Å²) in [6, 6.07) is 7.44. The van der Waals surface area contributed by atoms with E-state index in [2.05, 4.69) is 13.8 Å². The molecule has 0 heterocycles. The Bertz CT molecular complexity index is 425. The number of carbonyl (C=O) groups excluding carboxylic acids is 1. The minimum atomic E-state index is 0.0277. The number of benzene rings is 1. The van der Waals surface area contributed by atoms with E-state index in [4.69, 9.17) is 0 Å². The molecular formula is C16H25NO2. The highest BCUT2D eigenvalue weighted by atomic mass is 16.3. The predicted molar refractivity (Wildman–Crippen MR) is 78.3 cm³/mol. The molecule has 0 aliphatic heterocycles. The van der Waals surface area contributed by atoms with E-state index in [1.807, 2.05) is 18.2 Å². The van der Waals surface area contributed by atoms with Gasteiger partial charge in [-0.15, -0.1) is 0 Å². The molecule has 0 aliphatic carbocycles. The molecule has 1 aromatic rings. The monoisotopic (exact) mass is 263 g/mol. The lowest BCUT2D eigenvalue weighted by Crippen LogP contribution is -2.21. The Morgan fingerprint density at radius 3 is 2.53 bits per heavy atom. The summed E-state index contributed by atoms with van der Waals surface area (Å²) in [7, 11) is 3.58. The van der Waals surface area contributed by atoms with Crippen LogP contribution in [-0.4, -0.2) is 30.0 Å². The fourth-order valence-corrected chi connectivity index (χ4v) is 2.14. The molecule has 0 spiro atoms. The third-order valence-electron chi connectivity index (χ3n) is 3.57. The maximum atomic E-state index is 11.5. The minimum Gasteiger partial charge on any atom is -0.508 e. The molecule has 0 saturated carbocycles. The lowest BCUT2D eigenvalue weighted by Gasteiger charge is -2.25. The number of rotatable bonds is 6. The van der Waals surface area contributed by atoms with Crippen LogP contribution in [0.5, 0.6) is 5.75 Å². The largest absolute Gasteiger partial charge is 0.508 e. The van der Waals surface area contributed by atoms with E-state index in [0.717, 1.165) is 24.8 Å². The normalized spacial score (nSPS) is 11.4. The molecule has 1 aromatic carbocycles. The van der Waals surface area contributed by atoms with Crippen molar-refractivity contribution < 1.29 is 9.90 Å². The smallest absolute Gasteiger partial charge is 0.222 e. The van der Waals surface area contributed by atoms with Gasteiger partial charge < -0.3 is 10.0 Å². The summed E-state index contributed by atoms with van der Waals surface area (Å²) in [5.41, 5.74) is 1.17. The van der Waals surface area contributed by atoms with Crippen molar-refractivity contribution in [2.45, 2.75) is 44.9 Å². The molecule has 1 amide bonds. The van der Waals surface area contributed by atoms with Crippen LogP contribution in [0.2, 0.25) is 0 Å². The number of hydrogen-bond donors (Lipinski definition) is 1. The van der Waals surface area contributed by atoms with Crippen molar-refractivity contribution in [3.05, 3.63) is 29.8 Å². The van der Waals surface area contributed by atoms with Crippen LogP contribution in [0.4, 0.5) is 0 Å². The van der Waals surface area contributed by atoms with Crippen LogP contribution < -0.4 is 0 Å². The molecule has 3 nitrogen and oxygen atoms in total. The predicted octanol–water partition coefficient (Wildman–Crippen LogP) is 3.32. The van der Waals surface area contributed by atoms with Crippen LogP contribution in [-0.2, 0) is 10.2 Å². The number of phenolic OH excluding ortho intramolecular Hbond substituents is 1. The number of amides is 1. The third kappa shape index (κ3) is 4.93. The van der Waals surface area contributed by atoms with E-state index in [0.29, 0.717) is 12.2 Å². The van der Waals surface area contributed by atoms with Crippen LogP contribution in [0, 0.1) is 0 Å². The average molecular weight is 263 g/mol. The summed E-state index contributed by atoms with van der Waals surface area (Å²) in [5, 5.41) is 9.53. The van der Waals surface area contributed by atoms with Gasteiger partial charge in [-0.3, -0.25) is 4.79 Å². The van der Waals surface area contributed by atoms with E-state index < -0.39 is 0 Å². The highest BCUT2D eigenvalue weighted by molar-refractivity contribution is 5.75. The van der Waals surface area contributed by atoms with E-state index in [9.17, 15) is 9.90 Å². The lowest BCUT2D eigenvalue weighted by atomic mass is 9.80. The summed E-state index contributed by atoms with van der Waals surface area (Å²) < 4.78 is 0. The van der Waals surface area contributed by atoms with Crippen molar-refractivity contribution in [1.29, 1.82) is 0 Å². The van der Waals surface area contributed by atoms with Gasteiger partial charge in [-0.2, -0.15) is 0 Å². The quantitative estimate of drug-likeness (QED) is 0.800. The van der Waals surface area contributed by atoms with Crippen molar-refractivity contribution in [1.82, 2.24) is 4.90 Å². The molecule has 3 heteroatoms. The molecule has 106 valence electrons. The van der Waals surface area contributed by atoms with E-state index >= 15 is 0 Å². The molecule has 0 saturated heterocycles. The molecule has 0 fully saturated rings. The summed E-state index contributed by atoms with van der Waals surface area (Å²) in [5.74, 6) is 0.503. The number of phenols is 1. The molecular weight excluding hydrogens is 238 g/mol. The van der Waals surface area contributed by atoms with Gasteiger partial charge in [0, 0.05) is 20.5 Å². The number of aromatic hydroxyl groups is 1. The van der Waals surface area contributed by atoms with Gasteiger partial charge >= 0.3 is 0 Å². The number of unbranched alkanes of at least 4 members (excludes halogenated alkanes) is 1. The molecule has 0 radical (unpaired) electrons. The topological polar surface area (TPSA) is 40.5 Å². The SMILES string of the molecule is CN(C)C(=O)CCCCC(C)(C)c1cccc(O)c1. The first-order valence-electron chi connectivity index (χ1n) is 6.82. The number of carbonyl (C=O) groups is 1. The minimum absolute atomic E-state index is 0.0277. The first-order chi connectivity index (χ1) is 8.83. The van der Waals surface area contributed by atoms with Gasteiger partial charge in [0.25, 0.3) is 0 Å². The van der Waals surface area contributed by atoms with Crippen molar-refractivity contribution in [2.24, 2.45) is 0 Å². The molecule has 0 unspecified atom stereocenters. The highest BCUT2D eigenvalue weighted by Gasteiger charge is 2.20. The Hall–Kier alpha value is -1.51. The van der Waals surface area contributed by atoms with Crippen molar-refractivity contribution in [3.63, 3.8) is 0 Å². The van der Waals surface area contributed by atoms with Gasteiger partial charge in [0.15, 0.2) is 0 Å². The van der Waals surface area contributed by atoms with Crippen molar-refractivity contribution in [2.75, 3.05) is 14.1 Å². The molecule has 0 aromatic heterocycles. The van der Waals surface area contributed by atoms with Crippen LogP contribution in [0.15, 0.2) is 24.3 Å². The second kappa shape index (κ2) is 6.60. The zero-order valence-electron chi connectivity index (χ0n) is 12.4. The fraction of sp³-hybridized carbons (Fsp3) is 0.562. The molecule has 1 rings (SSSR count). The Morgan fingerprint density at radius 2 is 1.95 bits per heavy atom. The van der Waals surface area contributed by atoms with E-state index in [1.54, 1.807) is 25.1 Å². The fourth-order valence-electron chi connectivity index (χ4n) is 2.14. The number of nitrogens with zero attached hydrogens (tertiary/aromatic N) is 1. The first-order valence-corrected chi connectivity index (χ1v) is 6.82. The average Bonchev–Trinajstić information content (AvgIpc) is 2.34. The number of hydrogen-bond acceptors (Lipinski definition) is 2. The second-order valence-corrected chi connectivity index (χ2v) is 5.93. The van der Waals surface area contributed by atoms with Gasteiger partial charge in [-0.05, 0) is 36.0 Å². The summed E-state index contributed by atoms with van der Waals surface area (Å²) in [4.78, 5) is 13.1. The summed E-state index contributed by atoms with van der Waals surface area (Å²) in [6.07, 6.45) is 3.56. The third-order valence-corrected chi connectivity index (χ3v) is 3.57. The Labute approximate surface area is 116 Å². The van der Waals surface area contributed by atoms with Crippen molar-refractivity contribution >= 4 is 5.91 Å². The van der Waals surface area contributed by atoms with Gasteiger partial charge in [0.1, 0.15) is 5.75 Å². The van der Waals surface area contributed by atoms with Gasteiger partial charge in [0.05, 0.1) is 0 Å². The van der Waals surface area contributed by atoms with E-state index in [-0.39, 0.29) is 11.3 Å². The van der Waals surface area contributed by atoms with Crippen LogP contribution >= 0.6 is 0 Å². The Balaban J connectivity index is 2.45. The summed E-state index contributed by atoms with van der Waals surface area (Å²) in [6.45, 7) is 4.35. The Morgan fingerprint density at radius 1 is 1.26 bits per heavy atom. The van der Waals surface area contributed by atoms with Gasteiger partial charge in [-0.1, -0.05) is 32.4 Å². The molecule has 0 atom stereocenters. The van der Waals surface area contributed by atoms with E-state index in [1.165, 1.54) is 0 Å². The molecule has 1 N–H and O–H groups in total. The maximum Gasteiger partial charge on any atom is 0.222 e. The van der Waals surface area contributed by atoms with Crippen LogP contribution in [0.25, 0.3) is 0 Å². The van der Waals surface area contributed by atoms with Gasteiger partial charge in [0.2, 0.25) is 5.91 Å². The van der Waals surface area contributed by atoms with Crippen LogP contribution in [0.3, 0.4) is 0 Å². The standard InChI is InChI=1S/C16H25NO2/c1-16(2,13-8-7-9-14(18)12-13)11-6-5-10-15(19)17(3)4/h7-9,12,18H,5-6,10-11H2,1-4H3. The summed E-state index contributed by atoms with van der Waals surface area (Å²) >= 11 is 0. The highest BCUT2D eigenvalue weighted by Crippen LogP contribution is 2.31. The molecule has 0 bridgehead atoms. The van der Waals surface area contributed by atoms with Crippen molar-refractivity contribution in [3.8, 4) is 5.75 Å². The van der Waals surface area contributed by atoms with Crippen LogP contribution in [0.1, 0.15) is 45.1 Å². The molecule has 0 aliphatic rings. The zero-order valence-corrected chi connectivity index (χ0v) is 12.4. The first kappa shape index (κ1) is 15.5. The molecule has 19 heavy (non-hydrogen) atoms. The Kier molecular flexibility index (Phi) is 5.40. The van der Waals surface area contributed by atoms with Gasteiger partial charge in [-0.25, -0.2) is 0 Å². The zero-order chi connectivity index (χ0) is 14.5. The second-order valence-electron chi connectivity index (χ2n) is 5.93. The maximum absolute atomic E-state index is 11.5. The lowest BCUT2D eigenvalue weighted by molar-refractivity contribution is -0.128.